The molecule has 0 saturated carbocycles. The standard InChI is InChI=1S/C22H28N2O2/c1-18-10-11-20(26-17-19-8-4-2-5-9-19)16-21(18)23-22(25)12-15-24-13-6-3-7-14-24/h2,4-5,8-11,16H,3,6-7,12-15,17H2,1H3,(H,23,25). The Morgan fingerprint density at radius 2 is 1.85 bits per heavy atom. The minimum Gasteiger partial charge on any atom is -0.489 e. The molecule has 1 N–H and O–H groups in total. The third-order valence-electron chi connectivity index (χ3n) is 4.84. The summed E-state index contributed by atoms with van der Waals surface area (Å²) in [6.45, 7) is 5.60. The molecule has 1 fully saturated rings. The van der Waals surface area contributed by atoms with E-state index in [-0.39, 0.29) is 5.91 Å². The number of rotatable bonds is 7. The van der Waals surface area contributed by atoms with Gasteiger partial charge in [-0.15, -0.1) is 0 Å². The quantitative estimate of drug-likeness (QED) is 0.803. The molecule has 0 aromatic heterocycles. The Bertz CT molecular complexity index is 709. The predicted octanol–water partition coefficient (Wildman–Crippen LogP) is 4.39. The molecule has 2 aromatic carbocycles. The van der Waals surface area contributed by atoms with Crippen LogP contribution in [0.15, 0.2) is 48.5 Å². The van der Waals surface area contributed by atoms with E-state index in [1.807, 2.05) is 55.5 Å². The number of likely N-dealkylation sites (tertiary alicyclic amines) is 1. The monoisotopic (exact) mass is 352 g/mol. The number of anilines is 1. The van der Waals surface area contributed by atoms with Crippen LogP contribution in [-0.4, -0.2) is 30.4 Å². The summed E-state index contributed by atoms with van der Waals surface area (Å²) < 4.78 is 5.86. The highest BCUT2D eigenvalue weighted by Gasteiger charge is 2.12. The number of hydrogen-bond acceptors (Lipinski definition) is 3. The number of nitrogens with one attached hydrogen (secondary N) is 1. The maximum atomic E-state index is 12.3. The summed E-state index contributed by atoms with van der Waals surface area (Å²) in [7, 11) is 0. The van der Waals surface area contributed by atoms with Crippen molar-refractivity contribution in [3.63, 3.8) is 0 Å². The van der Waals surface area contributed by atoms with E-state index in [0.29, 0.717) is 13.0 Å². The summed E-state index contributed by atoms with van der Waals surface area (Å²) >= 11 is 0. The Hall–Kier alpha value is -2.33. The molecule has 4 nitrogen and oxygen atoms in total. The molecule has 1 saturated heterocycles. The summed E-state index contributed by atoms with van der Waals surface area (Å²) in [5.74, 6) is 0.838. The van der Waals surface area contributed by atoms with Gasteiger partial charge >= 0.3 is 0 Å². The number of nitrogens with zero attached hydrogens (tertiary/aromatic N) is 1. The Morgan fingerprint density at radius 1 is 1.08 bits per heavy atom. The molecule has 0 aliphatic carbocycles. The molecule has 0 spiro atoms. The average molecular weight is 352 g/mol. The zero-order valence-corrected chi connectivity index (χ0v) is 15.5. The van der Waals surface area contributed by atoms with Gasteiger partial charge in [0, 0.05) is 24.7 Å². The molecule has 138 valence electrons. The molecule has 0 bridgehead atoms. The molecule has 4 heteroatoms. The Morgan fingerprint density at radius 3 is 2.62 bits per heavy atom. The van der Waals surface area contributed by atoms with Crippen LogP contribution in [0.4, 0.5) is 5.69 Å². The van der Waals surface area contributed by atoms with Crippen LogP contribution >= 0.6 is 0 Å². The van der Waals surface area contributed by atoms with Gasteiger partial charge in [0.2, 0.25) is 5.91 Å². The van der Waals surface area contributed by atoms with Crippen LogP contribution in [0.2, 0.25) is 0 Å². The van der Waals surface area contributed by atoms with Crippen LogP contribution in [0, 0.1) is 6.92 Å². The first kappa shape index (κ1) is 18.5. The van der Waals surface area contributed by atoms with E-state index in [1.165, 1.54) is 19.3 Å². The van der Waals surface area contributed by atoms with Crippen molar-refractivity contribution < 1.29 is 9.53 Å². The summed E-state index contributed by atoms with van der Waals surface area (Å²) in [5.41, 5.74) is 3.00. The van der Waals surface area contributed by atoms with E-state index < -0.39 is 0 Å². The smallest absolute Gasteiger partial charge is 0.225 e. The Labute approximate surface area is 156 Å². The van der Waals surface area contributed by atoms with Crippen molar-refractivity contribution in [3.8, 4) is 5.75 Å². The minimum atomic E-state index is 0.0684. The number of ether oxygens (including phenoxy) is 1. The van der Waals surface area contributed by atoms with Gasteiger partial charge in [-0.3, -0.25) is 4.79 Å². The van der Waals surface area contributed by atoms with Crippen molar-refractivity contribution in [1.29, 1.82) is 0 Å². The molecule has 1 amide bonds. The van der Waals surface area contributed by atoms with Crippen LogP contribution < -0.4 is 10.1 Å². The lowest BCUT2D eigenvalue weighted by Gasteiger charge is -2.26. The van der Waals surface area contributed by atoms with Crippen LogP contribution in [0.5, 0.6) is 5.75 Å². The highest BCUT2D eigenvalue weighted by molar-refractivity contribution is 5.91. The molecule has 26 heavy (non-hydrogen) atoms. The van der Waals surface area contributed by atoms with Crippen molar-refractivity contribution in [2.75, 3.05) is 25.0 Å². The summed E-state index contributed by atoms with van der Waals surface area (Å²) in [6, 6.07) is 15.9. The Balaban J connectivity index is 1.52. The Kier molecular flexibility index (Phi) is 6.67. The van der Waals surface area contributed by atoms with Gasteiger partial charge < -0.3 is 15.0 Å². The number of benzene rings is 2. The van der Waals surface area contributed by atoms with Crippen LogP contribution in [0.1, 0.15) is 36.8 Å². The second-order valence-corrected chi connectivity index (χ2v) is 6.95. The van der Waals surface area contributed by atoms with Gasteiger partial charge in [-0.25, -0.2) is 0 Å². The molecule has 3 rings (SSSR count). The van der Waals surface area contributed by atoms with Crippen molar-refractivity contribution in [3.05, 3.63) is 59.7 Å². The average Bonchev–Trinajstić information content (AvgIpc) is 2.68. The van der Waals surface area contributed by atoms with Crippen molar-refractivity contribution in [1.82, 2.24) is 4.90 Å². The molecule has 1 aliphatic rings. The molecule has 0 radical (unpaired) electrons. The van der Waals surface area contributed by atoms with Gasteiger partial charge in [-0.2, -0.15) is 0 Å². The fourth-order valence-electron chi connectivity index (χ4n) is 3.22. The van der Waals surface area contributed by atoms with Gasteiger partial charge in [0.05, 0.1) is 0 Å². The molecule has 1 heterocycles. The fourth-order valence-corrected chi connectivity index (χ4v) is 3.22. The topological polar surface area (TPSA) is 41.6 Å². The second-order valence-electron chi connectivity index (χ2n) is 6.95. The number of hydrogen-bond donors (Lipinski definition) is 1. The highest BCUT2D eigenvalue weighted by atomic mass is 16.5. The molecular formula is C22H28N2O2. The number of aryl methyl sites for hydroxylation is 1. The SMILES string of the molecule is Cc1ccc(OCc2ccccc2)cc1NC(=O)CCN1CCCCC1. The summed E-state index contributed by atoms with van der Waals surface area (Å²) in [4.78, 5) is 14.7. The van der Waals surface area contributed by atoms with Crippen LogP contribution in [0.25, 0.3) is 0 Å². The number of carbonyl (C=O) groups is 1. The second kappa shape index (κ2) is 9.39. The van der Waals surface area contributed by atoms with Gasteiger partial charge in [-0.05, 0) is 50.0 Å². The van der Waals surface area contributed by atoms with Gasteiger partial charge in [-0.1, -0.05) is 42.8 Å². The zero-order valence-electron chi connectivity index (χ0n) is 15.5. The van der Waals surface area contributed by atoms with E-state index >= 15 is 0 Å². The number of carbonyl (C=O) groups excluding carboxylic acids is 1. The van der Waals surface area contributed by atoms with Crippen LogP contribution in [0.3, 0.4) is 0 Å². The van der Waals surface area contributed by atoms with Crippen molar-refractivity contribution in [2.24, 2.45) is 0 Å². The molecule has 0 atom stereocenters. The van der Waals surface area contributed by atoms with E-state index in [2.05, 4.69) is 10.2 Å². The first-order valence-electron chi connectivity index (χ1n) is 9.50. The third kappa shape index (κ3) is 5.60. The van der Waals surface area contributed by atoms with E-state index in [9.17, 15) is 4.79 Å². The lowest BCUT2D eigenvalue weighted by Crippen LogP contribution is -2.32. The fraction of sp³-hybridized carbons (Fsp3) is 0.409. The number of amides is 1. The molecule has 0 unspecified atom stereocenters. The van der Waals surface area contributed by atoms with E-state index in [4.69, 9.17) is 4.74 Å². The zero-order chi connectivity index (χ0) is 18.2. The lowest BCUT2D eigenvalue weighted by molar-refractivity contribution is -0.116. The lowest BCUT2D eigenvalue weighted by atomic mass is 10.1. The first-order valence-corrected chi connectivity index (χ1v) is 9.50. The molecule has 2 aromatic rings. The normalized spacial score (nSPS) is 14.8. The van der Waals surface area contributed by atoms with Gasteiger partial charge in [0.1, 0.15) is 12.4 Å². The largest absolute Gasteiger partial charge is 0.489 e. The van der Waals surface area contributed by atoms with Gasteiger partial charge in [0.25, 0.3) is 0 Å². The molecule has 1 aliphatic heterocycles. The minimum absolute atomic E-state index is 0.0684. The number of piperidine rings is 1. The summed E-state index contributed by atoms with van der Waals surface area (Å²) in [6.07, 6.45) is 4.36. The maximum Gasteiger partial charge on any atom is 0.225 e. The first-order chi connectivity index (χ1) is 12.7. The highest BCUT2D eigenvalue weighted by Crippen LogP contribution is 2.23. The van der Waals surface area contributed by atoms with E-state index in [1.54, 1.807) is 0 Å². The maximum absolute atomic E-state index is 12.3. The van der Waals surface area contributed by atoms with Crippen molar-refractivity contribution in [2.45, 2.75) is 39.2 Å². The summed E-state index contributed by atoms with van der Waals surface area (Å²) in [5, 5.41) is 3.04. The van der Waals surface area contributed by atoms with E-state index in [0.717, 1.165) is 42.2 Å². The predicted molar refractivity (Wildman–Crippen MR) is 105 cm³/mol. The third-order valence-corrected chi connectivity index (χ3v) is 4.84. The molecular weight excluding hydrogens is 324 g/mol. The van der Waals surface area contributed by atoms with Gasteiger partial charge in [0.15, 0.2) is 0 Å². The van der Waals surface area contributed by atoms with Crippen LogP contribution in [-0.2, 0) is 11.4 Å². The van der Waals surface area contributed by atoms with Crippen molar-refractivity contribution >= 4 is 11.6 Å².